The average molecular weight is 276 g/mol. The smallest absolute Gasteiger partial charge is 0.263 e. The van der Waals surface area contributed by atoms with E-state index >= 15 is 0 Å². The van der Waals surface area contributed by atoms with Crippen LogP contribution in [0.25, 0.3) is 0 Å². The lowest BCUT2D eigenvalue weighted by atomic mass is 10.1. The van der Waals surface area contributed by atoms with E-state index in [4.69, 9.17) is 4.74 Å². The molecule has 1 heterocycles. The minimum absolute atomic E-state index is 0.0778. The molecule has 4 heteroatoms. The maximum atomic E-state index is 11.9. The van der Waals surface area contributed by atoms with E-state index in [2.05, 4.69) is 25.2 Å². The zero-order chi connectivity index (χ0) is 14.5. The van der Waals surface area contributed by atoms with Crippen LogP contribution in [0.3, 0.4) is 0 Å². The lowest BCUT2D eigenvalue weighted by molar-refractivity contribution is -0.132. The van der Waals surface area contributed by atoms with E-state index in [1.165, 1.54) is 0 Å². The Morgan fingerprint density at radius 3 is 2.85 bits per heavy atom. The van der Waals surface area contributed by atoms with Gasteiger partial charge in [0, 0.05) is 31.6 Å². The summed E-state index contributed by atoms with van der Waals surface area (Å²) in [5.41, 5.74) is 1.11. The predicted molar refractivity (Wildman–Crippen MR) is 79.8 cm³/mol. The summed E-state index contributed by atoms with van der Waals surface area (Å²) >= 11 is 0. The number of ether oxygens (including phenoxy) is 1. The fourth-order valence-corrected chi connectivity index (χ4v) is 2.47. The first-order valence-corrected chi connectivity index (χ1v) is 7.37. The van der Waals surface area contributed by atoms with Crippen molar-refractivity contribution < 1.29 is 9.53 Å². The number of amides is 1. The Kier molecular flexibility index (Phi) is 5.01. The van der Waals surface area contributed by atoms with Crippen molar-refractivity contribution in [3.05, 3.63) is 29.8 Å². The number of likely N-dealkylation sites (N-methyl/N-ethyl adjacent to an activating group) is 1. The molecule has 2 atom stereocenters. The minimum Gasteiger partial charge on any atom is -0.480 e. The molecule has 0 bridgehead atoms. The zero-order valence-corrected chi connectivity index (χ0v) is 12.6. The first-order valence-electron chi connectivity index (χ1n) is 7.37. The van der Waals surface area contributed by atoms with Gasteiger partial charge in [-0.2, -0.15) is 0 Å². The summed E-state index contributed by atoms with van der Waals surface area (Å²) in [7, 11) is 1.82. The van der Waals surface area contributed by atoms with Gasteiger partial charge < -0.3 is 15.0 Å². The lowest BCUT2D eigenvalue weighted by Crippen LogP contribution is -2.30. The van der Waals surface area contributed by atoms with Crippen LogP contribution in [0, 0.1) is 0 Å². The number of hydrogen-bond acceptors (Lipinski definition) is 3. The quantitative estimate of drug-likeness (QED) is 0.867. The van der Waals surface area contributed by atoms with Crippen LogP contribution in [0.2, 0.25) is 0 Å². The van der Waals surface area contributed by atoms with Crippen LogP contribution < -0.4 is 10.1 Å². The van der Waals surface area contributed by atoms with Crippen molar-refractivity contribution >= 4 is 5.91 Å². The highest BCUT2D eigenvalue weighted by atomic mass is 16.5. The maximum Gasteiger partial charge on any atom is 0.263 e. The third-order valence-corrected chi connectivity index (χ3v) is 3.73. The molecule has 1 fully saturated rings. The minimum atomic E-state index is -0.334. The van der Waals surface area contributed by atoms with E-state index in [0.29, 0.717) is 0 Å². The molecule has 1 aliphatic rings. The molecular formula is C16H24N2O2. The van der Waals surface area contributed by atoms with Gasteiger partial charge in [0.1, 0.15) is 5.75 Å². The number of para-hydroxylation sites is 1. The van der Waals surface area contributed by atoms with Crippen molar-refractivity contribution in [1.29, 1.82) is 0 Å². The fourth-order valence-electron chi connectivity index (χ4n) is 2.47. The van der Waals surface area contributed by atoms with Crippen LogP contribution in [-0.2, 0) is 4.79 Å². The third-order valence-electron chi connectivity index (χ3n) is 3.73. The summed E-state index contributed by atoms with van der Waals surface area (Å²) in [5.74, 6) is 0.895. The lowest BCUT2D eigenvalue weighted by Gasteiger charge is -2.20. The van der Waals surface area contributed by atoms with E-state index in [0.717, 1.165) is 37.2 Å². The van der Waals surface area contributed by atoms with Crippen LogP contribution in [0.1, 0.15) is 38.3 Å². The molecule has 4 nitrogen and oxygen atoms in total. The Labute approximate surface area is 121 Å². The molecule has 2 rings (SSSR count). The second-order valence-electron chi connectivity index (χ2n) is 5.37. The highest BCUT2D eigenvalue weighted by molar-refractivity contribution is 5.83. The van der Waals surface area contributed by atoms with Crippen molar-refractivity contribution in [1.82, 2.24) is 10.2 Å². The van der Waals surface area contributed by atoms with Crippen molar-refractivity contribution in [3.63, 3.8) is 0 Å². The number of hydrogen-bond donors (Lipinski definition) is 1. The van der Waals surface area contributed by atoms with Crippen LogP contribution in [0.15, 0.2) is 24.3 Å². The summed E-state index contributed by atoms with van der Waals surface area (Å²) in [6, 6.07) is 8.20. The van der Waals surface area contributed by atoms with E-state index in [9.17, 15) is 4.79 Å². The molecule has 1 amide bonds. The molecule has 110 valence electrons. The first-order chi connectivity index (χ1) is 9.63. The van der Waals surface area contributed by atoms with Crippen molar-refractivity contribution in [2.24, 2.45) is 0 Å². The van der Waals surface area contributed by atoms with E-state index in [1.54, 1.807) is 4.90 Å². The predicted octanol–water partition coefficient (Wildman–Crippen LogP) is 2.36. The number of nitrogens with one attached hydrogen (secondary N) is 1. The van der Waals surface area contributed by atoms with Gasteiger partial charge >= 0.3 is 0 Å². The maximum absolute atomic E-state index is 11.9. The van der Waals surface area contributed by atoms with E-state index < -0.39 is 0 Å². The molecule has 1 aliphatic heterocycles. The Balaban J connectivity index is 2.10. The van der Waals surface area contributed by atoms with Gasteiger partial charge in [-0.3, -0.25) is 4.79 Å². The Morgan fingerprint density at radius 2 is 2.20 bits per heavy atom. The molecule has 1 saturated heterocycles. The molecule has 0 aromatic heterocycles. The first kappa shape index (κ1) is 14.9. The summed E-state index contributed by atoms with van der Waals surface area (Å²) in [6.07, 6.45) is 1.53. The topological polar surface area (TPSA) is 41.6 Å². The number of rotatable bonds is 6. The summed E-state index contributed by atoms with van der Waals surface area (Å²) in [6.45, 7) is 6.02. The SMILES string of the molecule is CCCNC(C)c1ccccc1OC1CCN(C)C1=O. The highest BCUT2D eigenvalue weighted by Crippen LogP contribution is 2.27. The zero-order valence-electron chi connectivity index (χ0n) is 12.6. The number of carbonyl (C=O) groups is 1. The Bertz CT molecular complexity index is 462. The van der Waals surface area contributed by atoms with Gasteiger partial charge in [-0.05, 0) is 26.0 Å². The van der Waals surface area contributed by atoms with Crippen LogP contribution >= 0.6 is 0 Å². The van der Waals surface area contributed by atoms with Gasteiger partial charge in [0.2, 0.25) is 0 Å². The molecule has 0 radical (unpaired) electrons. The molecule has 1 N–H and O–H groups in total. The summed E-state index contributed by atoms with van der Waals surface area (Å²) < 4.78 is 5.96. The summed E-state index contributed by atoms with van der Waals surface area (Å²) in [5, 5.41) is 3.46. The average Bonchev–Trinajstić information content (AvgIpc) is 2.77. The van der Waals surface area contributed by atoms with Crippen molar-refractivity contribution in [2.45, 2.75) is 38.8 Å². The molecule has 0 aliphatic carbocycles. The fraction of sp³-hybridized carbons (Fsp3) is 0.562. The molecular weight excluding hydrogens is 252 g/mol. The van der Waals surface area contributed by atoms with Gasteiger partial charge in [0.05, 0.1) is 0 Å². The van der Waals surface area contributed by atoms with Crippen molar-refractivity contribution in [2.75, 3.05) is 20.1 Å². The number of benzene rings is 1. The van der Waals surface area contributed by atoms with Gasteiger partial charge in [-0.1, -0.05) is 25.1 Å². The van der Waals surface area contributed by atoms with Crippen molar-refractivity contribution in [3.8, 4) is 5.75 Å². The number of carbonyl (C=O) groups excluding carboxylic acids is 1. The van der Waals surface area contributed by atoms with Gasteiger partial charge in [0.25, 0.3) is 5.91 Å². The molecule has 20 heavy (non-hydrogen) atoms. The molecule has 1 aromatic rings. The molecule has 1 aromatic carbocycles. The molecule has 0 saturated carbocycles. The Morgan fingerprint density at radius 1 is 1.45 bits per heavy atom. The number of likely N-dealkylation sites (tertiary alicyclic amines) is 1. The van der Waals surface area contributed by atoms with Gasteiger partial charge in [-0.25, -0.2) is 0 Å². The monoisotopic (exact) mass is 276 g/mol. The van der Waals surface area contributed by atoms with Gasteiger partial charge in [0.15, 0.2) is 6.10 Å². The Hall–Kier alpha value is -1.55. The van der Waals surface area contributed by atoms with E-state index in [1.807, 2.05) is 25.2 Å². The standard InChI is InChI=1S/C16H24N2O2/c1-4-10-17-12(2)13-7-5-6-8-14(13)20-15-9-11-18(3)16(15)19/h5-8,12,15,17H,4,9-11H2,1-3H3. The second-order valence-corrected chi connectivity index (χ2v) is 5.37. The van der Waals surface area contributed by atoms with Crippen LogP contribution in [-0.4, -0.2) is 37.0 Å². The van der Waals surface area contributed by atoms with E-state index in [-0.39, 0.29) is 18.1 Å². The van der Waals surface area contributed by atoms with Gasteiger partial charge in [-0.15, -0.1) is 0 Å². The third kappa shape index (κ3) is 3.31. The highest BCUT2D eigenvalue weighted by Gasteiger charge is 2.31. The summed E-state index contributed by atoms with van der Waals surface area (Å²) in [4.78, 5) is 13.7. The molecule has 0 spiro atoms. The molecule has 2 unspecified atom stereocenters. The van der Waals surface area contributed by atoms with Crippen LogP contribution in [0.5, 0.6) is 5.75 Å². The number of nitrogens with zero attached hydrogens (tertiary/aromatic N) is 1. The largest absolute Gasteiger partial charge is 0.480 e. The second kappa shape index (κ2) is 6.75. The normalized spacial score (nSPS) is 20.2. The van der Waals surface area contributed by atoms with Crippen LogP contribution in [0.4, 0.5) is 0 Å².